The molecule has 1 unspecified atom stereocenters. The van der Waals surface area contributed by atoms with E-state index in [1.165, 1.54) is 16.5 Å². The van der Waals surface area contributed by atoms with Gasteiger partial charge in [0.05, 0.1) is 17.3 Å². The molecule has 2 aromatic rings. The highest BCUT2D eigenvalue weighted by molar-refractivity contribution is 7.99. The number of anilines is 1. The molecule has 0 saturated heterocycles. The van der Waals surface area contributed by atoms with Crippen LogP contribution in [0.5, 0.6) is 0 Å². The van der Waals surface area contributed by atoms with Crippen molar-refractivity contribution in [3.05, 3.63) is 59.4 Å². The highest BCUT2D eigenvalue weighted by Crippen LogP contribution is 2.39. The standard InChI is InChI=1S/C16H13FN2S/c17-14-7-11(8-18)5-6-15(14)19-9-12-10-20-16-4-2-1-3-13(12)16/h1-7,12,19H,9-10H2. The van der Waals surface area contributed by atoms with Gasteiger partial charge in [-0.05, 0) is 29.8 Å². The van der Waals surface area contributed by atoms with E-state index >= 15 is 0 Å². The Hall–Kier alpha value is -1.99. The third-order valence-corrected chi connectivity index (χ3v) is 4.69. The van der Waals surface area contributed by atoms with Crippen LogP contribution in [0.4, 0.5) is 10.1 Å². The van der Waals surface area contributed by atoms with Crippen molar-refractivity contribution < 1.29 is 4.39 Å². The highest BCUT2D eigenvalue weighted by atomic mass is 32.2. The van der Waals surface area contributed by atoms with Crippen molar-refractivity contribution in [1.82, 2.24) is 0 Å². The molecule has 2 aromatic carbocycles. The van der Waals surface area contributed by atoms with Gasteiger partial charge in [-0.1, -0.05) is 18.2 Å². The van der Waals surface area contributed by atoms with Gasteiger partial charge in [-0.3, -0.25) is 0 Å². The molecule has 0 spiro atoms. The van der Waals surface area contributed by atoms with Crippen LogP contribution in [0, 0.1) is 17.1 Å². The van der Waals surface area contributed by atoms with E-state index in [4.69, 9.17) is 5.26 Å². The maximum Gasteiger partial charge on any atom is 0.147 e. The Morgan fingerprint density at radius 2 is 2.15 bits per heavy atom. The number of benzene rings is 2. The van der Waals surface area contributed by atoms with Crippen LogP contribution in [0.1, 0.15) is 17.0 Å². The van der Waals surface area contributed by atoms with Crippen LogP contribution in [0.3, 0.4) is 0 Å². The van der Waals surface area contributed by atoms with E-state index in [0.29, 0.717) is 23.7 Å². The second kappa shape index (κ2) is 5.56. The summed E-state index contributed by atoms with van der Waals surface area (Å²) >= 11 is 1.84. The van der Waals surface area contributed by atoms with Crippen LogP contribution < -0.4 is 5.32 Å². The smallest absolute Gasteiger partial charge is 0.147 e. The van der Waals surface area contributed by atoms with Gasteiger partial charge in [-0.2, -0.15) is 5.26 Å². The van der Waals surface area contributed by atoms with Crippen molar-refractivity contribution in [1.29, 1.82) is 5.26 Å². The zero-order chi connectivity index (χ0) is 13.9. The van der Waals surface area contributed by atoms with E-state index in [0.717, 1.165) is 5.75 Å². The fourth-order valence-corrected chi connectivity index (χ4v) is 3.61. The van der Waals surface area contributed by atoms with Gasteiger partial charge in [0.15, 0.2) is 0 Å². The number of nitrogens with one attached hydrogen (secondary N) is 1. The zero-order valence-electron chi connectivity index (χ0n) is 10.8. The third kappa shape index (κ3) is 2.50. The number of halogens is 1. The lowest BCUT2D eigenvalue weighted by Crippen LogP contribution is -2.13. The molecule has 4 heteroatoms. The molecule has 0 aliphatic carbocycles. The van der Waals surface area contributed by atoms with Crippen molar-refractivity contribution in [3.63, 3.8) is 0 Å². The van der Waals surface area contributed by atoms with Crippen LogP contribution >= 0.6 is 11.8 Å². The topological polar surface area (TPSA) is 35.8 Å². The van der Waals surface area contributed by atoms with Gasteiger partial charge in [0, 0.05) is 23.1 Å². The summed E-state index contributed by atoms with van der Waals surface area (Å²) in [6.07, 6.45) is 0. The van der Waals surface area contributed by atoms with Gasteiger partial charge in [-0.25, -0.2) is 4.39 Å². The fraction of sp³-hybridized carbons (Fsp3) is 0.188. The lowest BCUT2D eigenvalue weighted by Gasteiger charge is -2.13. The molecule has 0 amide bonds. The maximum absolute atomic E-state index is 13.8. The lowest BCUT2D eigenvalue weighted by molar-refractivity contribution is 0.628. The quantitative estimate of drug-likeness (QED) is 0.925. The normalized spacial score (nSPS) is 16.5. The molecule has 1 heterocycles. The minimum Gasteiger partial charge on any atom is -0.382 e. The molecular weight excluding hydrogens is 271 g/mol. The van der Waals surface area contributed by atoms with Gasteiger partial charge >= 0.3 is 0 Å². The third-order valence-electron chi connectivity index (χ3n) is 3.44. The average Bonchev–Trinajstić information content (AvgIpc) is 2.89. The molecule has 20 heavy (non-hydrogen) atoms. The first kappa shape index (κ1) is 13.0. The predicted octanol–water partition coefficient (Wildman–Crippen LogP) is 4.00. The first-order valence-electron chi connectivity index (χ1n) is 6.43. The second-order valence-electron chi connectivity index (χ2n) is 4.73. The van der Waals surface area contributed by atoms with E-state index in [2.05, 4.69) is 17.4 Å². The van der Waals surface area contributed by atoms with E-state index in [1.807, 2.05) is 30.0 Å². The van der Waals surface area contributed by atoms with E-state index in [9.17, 15) is 4.39 Å². The molecule has 0 fully saturated rings. The maximum atomic E-state index is 13.8. The fourth-order valence-electron chi connectivity index (χ4n) is 2.36. The summed E-state index contributed by atoms with van der Waals surface area (Å²) in [7, 11) is 0. The summed E-state index contributed by atoms with van der Waals surface area (Å²) < 4.78 is 13.8. The Morgan fingerprint density at radius 1 is 1.30 bits per heavy atom. The van der Waals surface area contributed by atoms with Crippen LogP contribution in [0.2, 0.25) is 0 Å². The summed E-state index contributed by atoms with van der Waals surface area (Å²) in [5.74, 6) is 1.04. The van der Waals surface area contributed by atoms with Crippen LogP contribution in [-0.4, -0.2) is 12.3 Å². The highest BCUT2D eigenvalue weighted by Gasteiger charge is 2.22. The Kier molecular flexibility index (Phi) is 3.62. The Labute approximate surface area is 121 Å². The number of nitriles is 1. The molecule has 100 valence electrons. The van der Waals surface area contributed by atoms with Gasteiger partial charge in [0.2, 0.25) is 0 Å². The van der Waals surface area contributed by atoms with Gasteiger partial charge in [0.25, 0.3) is 0 Å². The largest absolute Gasteiger partial charge is 0.382 e. The molecule has 1 N–H and O–H groups in total. The number of rotatable bonds is 3. The lowest BCUT2D eigenvalue weighted by atomic mass is 10.0. The Balaban J connectivity index is 1.71. The average molecular weight is 284 g/mol. The number of hydrogen-bond acceptors (Lipinski definition) is 3. The van der Waals surface area contributed by atoms with Crippen LogP contribution in [-0.2, 0) is 0 Å². The molecule has 0 radical (unpaired) electrons. The number of thioether (sulfide) groups is 1. The summed E-state index contributed by atoms with van der Waals surface area (Å²) in [5.41, 5.74) is 2.13. The molecule has 2 nitrogen and oxygen atoms in total. The van der Waals surface area contributed by atoms with E-state index in [-0.39, 0.29) is 5.82 Å². The number of hydrogen-bond donors (Lipinski definition) is 1. The van der Waals surface area contributed by atoms with Gasteiger partial charge in [0.1, 0.15) is 5.82 Å². The molecule has 0 aromatic heterocycles. The van der Waals surface area contributed by atoms with Gasteiger partial charge in [-0.15, -0.1) is 11.8 Å². The molecule has 0 bridgehead atoms. The Bertz CT molecular complexity index is 678. The summed E-state index contributed by atoms with van der Waals surface area (Å²) in [5, 5.41) is 11.9. The Morgan fingerprint density at radius 3 is 2.95 bits per heavy atom. The summed E-state index contributed by atoms with van der Waals surface area (Å²) in [6, 6.07) is 14.8. The first-order chi connectivity index (χ1) is 9.78. The van der Waals surface area contributed by atoms with E-state index < -0.39 is 0 Å². The SMILES string of the molecule is N#Cc1ccc(NCC2CSc3ccccc32)c(F)c1. The van der Waals surface area contributed by atoms with Gasteiger partial charge < -0.3 is 5.32 Å². The second-order valence-corrected chi connectivity index (χ2v) is 5.79. The van der Waals surface area contributed by atoms with Crippen molar-refractivity contribution in [3.8, 4) is 6.07 Å². The summed E-state index contributed by atoms with van der Waals surface area (Å²) in [4.78, 5) is 1.32. The van der Waals surface area contributed by atoms with Crippen molar-refractivity contribution in [2.45, 2.75) is 10.8 Å². The van der Waals surface area contributed by atoms with Crippen molar-refractivity contribution >= 4 is 17.4 Å². The predicted molar refractivity (Wildman–Crippen MR) is 79.5 cm³/mol. The summed E-state index contributed by atoms with van der Waals surface area (Å²) in [6.45, 7) is 0.701. The molecule has 0 saturated carbocycles. The molecule has 1 aliphatic heterocycles. The number of fused-ring (bicyclic) bond motifs is 1. The molecular formula is C16H13FN2S. The monoisotopic (exact) mass is 284 g/mol. The molecule has 1 atom stereocenters. The minimum atomic E-state index is -0.372. The van der Waals surface area contributed by atoms with E-state index in [1.54, 1.807) is 12.1 Å². The first-order valence-corrected chi connectivity index (χ1v) is 7.42. The van der Waals surface area contributed by atoms with Crippen molar-refractivity contribution in [2.75, 3.05) is 17.6 Å². The van der Waals surface area contributed by atoms with Crippen LogP contribution in [0.25, 0.3) is 0 Å². The number of nitrogens with zero attached hydrogens (tertiary/aromatic N) is 1. The minimum absolute atomic E-state index is 0.342. The van der Waals surface area contributed by atoms with Crippen molar-refractivity contribution in [2.24, 2.45) is 0 Å². The van der Waals surface area contributed by atoms with Crippen LogP contribution in [0.15, 0.2) is 47.4 Å². The zero-order valence-corrected chi connectivity index (χ0v) is 11.6. The molecule has 1 aliphatic rings. The molecule has 3 rings (SSSR count).